The lowest BCUT2D eigenvalue weighted by atomic mass is 10.1. The topological polar surface area (TPSA) is 93.6 Å². The molecule has 1 saturated heterocycles. The molecule has 12 heteroatoms. The number of thiazole rings is 1. The number of hydrogen-bond donors (Lipinski definition) is 1. The van der Waals surface area contributed by atoms with E-state index in [1.54, 1.807) is 12.4 Å². The van der Waals surface area contributed by atoms with E-state index >= 15 is 0 Å². The molecular weight excluding hydrogens is 503 g/mol. The molecule has 8 nitrogen and oxygen atoms in total. The number of hydrogen-bond acceptors (Lipinski definition) is 10. The fourth-order valence-corrected chi connectivity index (χ4v) is 7.02. The Balaban J connectivity index is 1.31. The molecule has 3 aromatic rings. The van der Waals surface area contributed by atoms with Gasteiger partial charge >= 0.3 is 14.0 Å². The number of thioether (sulfide) groups is 2. The van der Waals surface area contributed by atoms with E-state index in [-0.39, 0.29) is 17.0 Å². The number of hydroxylamine groups is 1. The molecule has 2 radical (unpaired) electrons. The molecule has 2 aliphatic heterocycles. The molecule has 2 aliphatic rings. The summed E-state index contributed by atoms with van der Waals surface area (Å²) in [5, 5.41) is 1.58. The monoisotopic (exact) mass is 520 g/mol. The number of nitrogens with one attached hydrogen (secondary N) is 1. The van der Waals surface area contributed by atoms with Gasteiger partial charge in [-0.3, -0.25) is 14.7 Å². The maximum atomic E-state index is 13.0. The average molecular weight is 520 g/mol. The van der Waals surface area contributed by atoms with Gasteiger partial charge in [-0.25, -0.2) is 9.78 Å². The molecule has 1 N–H and O–H groups in total. The van der Waals surface area contributed by atoms with Crippen LogP contribution in [-0.4, -0.2) is 52.0 Å². The Bertz CT molecular complexity index is 1300. The van der Waals surface area contributed by atoms with Gasteiger partial charge in [0.05, 0.1) is 5.69 Å². The summed E-state index contributed by atoms with van der Waals surface area (Å²) < 4.78 is 5.26. The Morgan fingerprint density at radius 1 is 1.23 bits per heavy atom. The first-order valence-corrected chi connectivity index (χ1v) is 13.1. The summed E-state index contributed by atoms with van der Waals surface area (Å²) in [6.07, 6.45) is 3.41. The molecule has 1 amide bonds. The summed E-state index contributed by atoms with van der Waals surface area (Å²) in [5.41, 5.74) is 5.47. The lowest BCUT2D eigenvalue weighted by molar-refractivity contribution is -0.152. The number of nitrogens with zero attached hydrogens (tertiary/aromatic N) is 3. The third kappa shape index (κ3) is 4.74. The molecule has 35 heavy (non-hydrogen) atoms. The highest BCUT2D eigenvalue weighted by Crippen LogP contribution is 2.46. The smallest absolute Gasteiger partial charge is 0.378 e. The maximum Gasteiger partial charge on any atom is 0.378 e. The Morgan fingerprint density at radius 3 is 2.74 bits per heavy atom. The van der Waals surface area contributed by atoms with Crippen LogP contribution in [0.1, 0.15) is 5.56 Å². The van der Waals surface area contributed by atoms with Crippen LogP contribution in [0.5, 0.6) is 0 Å². The number of rotatable bonds is 8. The van der Waals surface area contributed by atoms with Crippen LogP contribution in [0.25, 0.3) is 17.0 Å². The van der Waals surface area contributed by atoms with Crippen molar-refractivity contribution in [2.75, 3.05) is 5.75 Å². The van der Waals surface area contributed by atoms with Gasteiger partial charge < -0.3 is 9.49 Å². The summed E-state index contributed by atoms with van der Waals surface area (Å²) in [6, 6.07) is 12.4. The number of carbonyl (C=O) groups is 2. The van der Waals surface area contributed by atoms with E-state index in [2.05, 4.69) is 26.7 Å². The van der Waals surface area contributed by atoms with Crippen molar-refractivity contribution in [2.24, 2.45) is 0 Å². The SMILES string of the molecule is [B]OC(=O)C1=C(Sc2nc(-c3ccncc3)cs2)CS[C@@H]2[C@H](NOC(=C)c3ccccc3)C(=O)N12. The molecule has 1 aromatic carbocycles. The quantitative estimate of drug-likeness (QED) is 0.207. The second-order valence-corrected chi connectivity index (χ2v) is 10.7. The number of β-lactam (4-membered cyclic amide) rings is 1. The van der Waals surface area contributed by atoms with Crippen LogP contribution in [-0.2, 0) is 19.1 Å². The van der Waals surface area contributed by atoms with Crippen LogP contribution in [0.2, 0.25) is 0 Å². The van der Waals surface area contributed by atoms with Crippen molar-refractivity contribution in [2.45, 2.75) is 15.8 Å². The standard InChI is InChI=1S/C23H17BN4O4S3/c1-13(14-5-3-2-4-6-14)32-27-18-20(29)28-19(22(30)31-24)17(12-33-21(18)28)35-23-26-16(11-34-23)15-7-9-25-10-8-15/h2-11,18,21,27H,1,12H2/t18-,21-/m1/s1. The van der Waals surface area contributed by atoms with Gasteiger partial charge in [0.2, 0.25) is 0 Å². The zero-order chi connectivity index (χ0) is 24.4. The number of carbonyl (C=O) groups excluding carboxylic acids is 2. The number of pyridine rings is 1. The average Bonchev–Trinajstić information content (AvgIpc) is 3.37. The molecular formula is C23H17BN4O4S3. The molecule has 2 atom stereocenters. The van der Waals surface area contributed by atoms with E-state index in [1.807, 2.05) is 47.8 Å². The van der Waals surface area contributed by atoms with E-state index in [9.17, 15) is 9.59 Å². The van der Waals surface area contributed by atoms with Gasteiger partial charge in [0.15, 0.2) is 10.4 Å². The van der Waals surface area contributed by atoms with E-state index in [0.29, 0.717) is 16.4 Å². The molecule has 174 valence electrons. The Kier molecular flexibility index (Phi) is 6.96. The van der Waals surface area contributed by atoms with Gasteiger partial charge in [-0.1, -0.05) is 48.7 Å². The van der Waals surface area contributed by atoms with Crippen molar-refractivity contribution in [1.82, 2.24) is 20.3 Å². The lowest BCUT2D eigenvalue weighted by Gasteiger charge is -2.49. The van der Waals surface area contributed by atoms with E-state index in [0.717, 1.165) is 21.2 Å². The molecule has 0 spiro atoms. The largest absolute Gasteiger partial charge is 0.539 e. The van der Waals surface area contributed by atoms with Crippen LogP contribution in [0.15, 0.2) is 81.8 Å². The van der Waals surface area contributed by atoms with Gasteiger partial charge in [-0.05, 0) is 12.1 Å². The molecule has 0 saturated carbocycles. The van der Waals surface area contributed by atoms with Crippen LogP contribution < -0.4 is 5.48 Å². The summed E-state index contributed by atoms with van der Waals surface area (Å²) in [6.45, 7) is 3.89. The Hall–Kier alpha value is -3.06. The summed E-state index contributed by atoms with van der Waals surface area (Å²) in [5.74, 6) is -0.228. The maximum absolute atomic E-state index is 13.0. The van der Waals surface area contributed by atoms with Crippen molar-refractivity contribution >= 4 is 60.5 Å². The molecule has 4 heterocycles. The van der Waals surface area contributed by atoms with Crippen LogP contribution >= 0.6 is 34.9 Å². The molecule has 2 aromatic heterocycles. The van der Waals surface area contributed by atoms with Crippen molar-refractivity contribution in [3.8, 4) is 11.3 Å². The number of aromatic nitrogens is 2. The number of fused-ring (bicyclic) bond motifs is 1. The molecule has 0 unspecified atom stereocenters. The normalized spacial score (nSPS) is 19.1. The zero-order valence-corrected chi connectivity index (χ0v) is 20.6. The van der Waals surface area contributed by atoms with Crippen molar-refractivity contribution in [1.29, 1.82) is 0 Å². The van der Waals surface area contributed by atoms with E-state index in [1.165, 1.54) is 39.8 Å². The predicted molar refractivity (Wildman–Crippen MR) is 137 cm³/mol. The number of amides is 1. The van der Waals surface area contributed by atoms with Crippen LogP contribution in [0.3, 0.4) is 0 Å². The van der Waals surface area contributed by atoms with Crippen molar-refractivity contribution in [3.63, 3.8) is 0 Å². The van der Waals surface area contributed by atoms with Gasteiger partial charge in [0, 0.05) is 39.6 Å². The third-order valence-corrected chi connectivity index (χ3v) is 8.79. The van der Waals surface area contributed by atoms with Crippen LogP contribution in [0.4, 0.5) is 0 Å². The lowest BCUT2D eigenvalue weighted by Crippen LogP contribution is -2.69. The Morgan fingerprint density at radius 2 is 2.00 bits per heavy atom. The van der Waals surface area contributed by atoms with Gasteiger partial charge in [-0.2, -0.15) is 0 Å². The first-order chi connectivity index (χ1) is 17.1. The second kappa shape index (κ2) is 10.3. The highest BCUT2D eigenvalue weighted by Gasteiger charge is 2.54. The zero-order valence-electron chi connectivity index (χ0n) is 18.1. The summed E-state index contributed by atoms with van der Waals surface area (Å²) >= 11 is 4.28. The summed E-state index contributed by atoms with van der Waals surface area (Å²) in [4.78, 5) is 41.9. The van der Waals surface area contributed by atoms with Gasteiger partial charge in [0.1, 0.15) is 16.8 Å². The minimum Gasteiger partial charge on any atom is -0.539 e. The molecule has 5 rings (SSSR count). The highest BCUT2D eigenvalue weighted by molar-refractivity contribution is 8.07. The fourth-order valence-electron chi connectivity index (χ4n) is 3.57. The highest BCUT2D eigenvalue weighted by atomic mass is 32.2. The first-order valence-electron chi connectivity index (χ1n) is 10.4. The predicted octanol–water partition coefficient (Wildman–Crippen LogP) is 3.61. The first kappa shape index (κ1) is 23.7. The molecule has 0 aliphatic carbocycles. The third-order valence-electron chi connectivity index (χ3n) is 5.31. The Labute approximate surface area is 215 Å². The minimum absolute atomic E-state index is 0.131. The van der Waals surface area contributed by atoms with E-state index < -0.39 is 12.0 Å². The van der Waals surface area contributed by atoms with Crippen molar-refractivity contribution < 1.29 is 19.1 Å². The van der Waals surface area contributed by atoms with E-state index in [4.69, 9.17) is 12.9 Å². The van der Waals surface area contributed by atoms with Crippen molar-refractivity contribution in [3.05, 3.63) is 83.0 Å². The number of benzene rings is 1. The van der Waals surface area contributed by atoms with Crippen LogP contribution in [0, 0.1) is 0 Å². The molecule has 0 bridgehead atoms. The second-order valence-electron chi connectivity index (χ2n) is 7.41. The summed E-state index contributed by atoms with van der Waals surface area (Å²) in [7, 11) is 5.20. The minimum atomic E-state index is -0.773. The van der Waals surface area contributed by atoms with Gasteiger partial charge in [-0.15, -0.1) is 28.6 Å². The molecule has 1 fully saturated rings. The fraction of sp³-hybridized carbons (Fsp3) is 0.130. The van der Waals surface area contributed by atoms with Gasteiger partial charge in [0.25, 0.3) is 5.91 Å².